The quantitative estimate of drug-likeness (QED) is 0.628. The average Bonchev–Trinajstić information content (AvgIpc) is 2.24. The lowest BCUT2D eigenvalue weighted by Gasteiger charge is -1.97. The number of aliphatic carboxylic acids is 1. The first-order chi connectivity index (χ1) is 7.56. The van der Waals surface area contributed by atoms with E-state index in [1.165, 1.54) is 58.3 Å². The van der Waals surface area contributed by atoms with Gasteiger partial charge >= 0.3 is 5.97 Å². The molecule has 98 valence electrons. The van der Waals surface area contributed by atoms with E-state index in [0.29, 0.717) is 0 Å². The van der Waals surface area contributed by atoms with Crippen LogP contribution in [-0.2, 0) is 4.79 Å². The second-order valence-corrected chi connectivity index (χ2v) is 4.25. The molecule has 3 nitrogen and oxygen atoms in total. The molecule has 0 aromatic rings. The van der Waals surface area contributed by atoms with Gasteiger partial charge in [-0.3, -0.25) is 4.79 Å². The molecule has 0 radical (unpaired) electrons. The van der Waals surface area contributed by atoms with Gasteiger partial charge < -0.3 is 10.8 Å². The molecule has 0 aromatic heterocycles. The fraction of sp³-hybridized carbons (Fsp3) is 0.923. The van der Waals surface area contributed by atoms with E-state index in [0.717, 1.165) is 0 Å². The minimum Gasteiger partial charge on any atom is -0.480 e. The maximum atomic E-state index is 9.57. The first kappa shape index (κ1) is 17.8. The number of nitrogens with two attached hydrogens (primary N) is 1. The molecule has 3 heteroatoms. The Morgan fingerprint density at radius 3 is 1.44 bits per heavy atom. The summed E-state index contributed by atoms with van der Waals surface area (Å²) in [5.41, 5.74) is 4.84. The molecule has 0 rings (SSSR count). The molecule has 0 aliphatic carbocycles. The highest BCUT2D eigenvalue weighted by molar-refractivity contribution is 5.72. The van der Waals surface area contributed by atoms with Crippen LogP contribution in [0.2, 0.25) is 0 Å². The second kappa shape index (κ2) is 14.4. The highest BCUT2D eigenvalue weighted by Crippen LogP contribution is 2.07. The van der Waals surface area contributed by atoms with Gasteiger partial charge in [0.25, 0.3) is 0 Å². The number of unbranched alkanes of at least 4 members (excludes halogenated alkanes) is 7. The third-order valence-electron chi connectivity index (χ3n) is 2.35. The molecule has 3 N–H and O–H groups in total. The van der Waals surface area contributed by atoms with Crippen LogP contribution >= 0.6 is 0 Å². The van der Waals surface area contributed by atoms with Crippen molar-refractivity contribution < 1.29 is 9.90 Å². The third-order valence-corrected chi connectivity index (χ3v) is 2.35. The maximum absolute atomic E-state index is 9.57. The van der Waals surface area contributed by atoms with Crippen molar-refractivity contribution in [2.24, 2.45) is 5.73 Å². The van der Waals surface area contributed by atoms with E-state index in [1.54, 1.807) is 0 Å². The lowest BCUT2D eigenvalue weighted by Crippen LogP contribution is -2.25. The van der Waals surface area contributed by atoms with Crippen molar-refractivity contribution >= 4 is 5.97 Å². The fourth-order valence-electron chi connectivity index (χ4n) is 1.21. The first-order valence-electron chi connectivity index (χ1n) is 6.54. The van der Waals surface area contributed by atoms with E-state index in [-0.39, 0.29) is 0 Å². The molecular formula is C13H29NO2. The van der Waals surface area contributed by atoms with Crippen molar-refractivity contribution in [3.63, 3.8) is 0 Å². The average molecular weight is 231 g/mol. The lowest BCUT2D eigenvalue weighted by molar-refractivity contribution is -0.138. The van der Waals surface area contributed by atoms with Crippen LogP contribution in [0.3, 0.4) is 0 Å². The number of hydrogen-bond acceptors (Lipinski definition) is 2. The fourth-order valence-corrected chi connectivity index (χ4v) is 1.21. The second-order valence-electron chi connectivity index (χ2n) is 4.25. The molecule has 0 unspecified atom stereocenters. The van der Waals surface area contributed by atoms with Gasteiger partial charge in [0.2, 0.25) is 0 Å². The Morgan fingerprint density at radius 2 is 1.25 bits per heavy atom. The van der Waals surface area contributed by atoms with Crippen LogP contribution in [0.5, 0.6) is 0 Å². The molecule has 0 spiro atoms. The van der Waals surface area contributed by atoms with Crippen molar-refractivity contribution in [3.05, 3.63) is 0 Å². The Hall–Kier alpha value is -0.570. The highest BCUT2D eigenvalue weighted by atomic mass is 16.4. The monoisotopic (exact) mass is 231 g/mol. The van der Waals surface area contributed by atoms with Gasteiger partial charge in [0.15, 0.2) is 0 Å². The number of carboxylic acid groups (broad SMARTS) is 1. The molecule has 0 aliphatic rings. The standard InChI is InChI=1S/C10H22.C3H7NO2/c1-3-5-7-9-10-8-6-4-2;1-2(4)3(5)6/h3-10H2,1-2H3;2H,4H2,1H3,(H,5,6)/t;2-/m.0/s1. The van der Waals surface area contributed by atoms with E-state index in [1.807, 2.05) is 0 Å². The topological polar surface area (TPSA) is 63.3 Å². The van der Waals surface area contributed by atoms with Crippen molar-refractivity contribution in [2.45, 2.75) is 78.2 Å². The molecule has 0 bridgehead atoms. The summed E-state index contributed by atoms with van der Waals surface area (Å²) in [5, 5.41) is 7.87. The van der Waals surface area contributed by atoms with Crippen LogP contribution in [-0.4, -0.2) is 17.1 Å². The summed E-state index contributed by atoms with van der Waals surface area (Å²) in [7, 11) is 0. The zero-order chi connectivity index (χ0) is 12.8. The van der Waals surface area contributed by atoms with Gasteiger partial charge in [-0.1, -0.05) is 65.2 Å². The minimum atomic E-state index is -0.963. The van der Waals surface area contributed by atoms with E-state index in [2.05, 4.69) is 13.8 Å². The molecule has 0 fully saturated rings. The number of carboxylic acids is 1. The van der Waals surface area contributed by atoms with E-state index < -0.39 is 12.0 Å². The van der Waals surface area contributed by atoms with Crippen LogP contribution in [0.15, 0.2) is 0 Å². The van der Waals surface area contributed by atoms with E-state index in [9.17, 15) is 4.79 Å². The normalized spacial score (nSPS) is 11.5. The lowest BCUT2D eigenvalue weighted by atomic mass is 10.1. The SMILES string of the molecule is CCCCCCCCCC.C[C@H](N)C(=O)O. The summed E-state index contributed by atoms with van der Waals surface area (Å²) in [6.45, 7) is 5.96. The van der Waals surface area contributed by atoms with Gasteiger partial charge in [0.05, 0.1) is 0 Å². The van der Waals surface area contributed by atoms with Crippen LogP contribution in [0.4, 0.5) is 0 Å². The summed E-state index contributed by atoms with van der Waals surface area (Å²) in [4.78, 5) is 9.57. The third kappa shape index (κ3) is 19.1. The van der Waals surface area contributed by atoms with Crippen LogP contribution in [0, 0.1) is 0 Å². The largest absolute Gasteiger partial charge is 0.480 e. The van der Waals surface area contributed by atoms with Gasteiger partial charge in [0.1, 0.15) is 6.04 Å². The van der Waals surface area contributed by atoms with Crippen LogP contribution in [0.25, 0.3) is 0 Å². The summed E-state index contributed by atoms with van der Waals surface area (Å²) in [5.74, 6) is -0.963. The van der Waals surface area contributed by atoms with Crippen LogP contribution in [0.1, 0.15) is 72.1 Å². The molecule has 16 heavy (non-hydrogen) atoms. The molecule has 0 aromatic carbocycles. The van der Waals surface area contributed by atoms with Crippen molar-refractivity contribution in [2.75, 3.05) is 0 Å². The Morgan fingerprint density at radius 1 is 1.00 bits per heavy atom. The Kier molecular flexibility index (Phi) is 16.1. The first-order valence-corrected chi connectivity index (χ1v) is 6.54. The summed E-state index contributed by atoms with van der Waals surface area (Å²) in [6.07, 6.45) is 11.5. The summed E-state index contributed by atoms with van der Waals surface area (Å²) in [6, 6.07) is -0.731. The molecule has 0 amide bonds. The Bertz CT molecular complexity index is 139. The molecule has 1 atom stereocenters. The predicted octanol–water partition coefficient (Wildman–Crippen LogP) is 3.57. The van der Waals surface area contributed by atoms with Gasteiger partial charge in [-0.15, -0.1) is 0 Å². The highest BCUT2D eigenvalue weighted by Gasteiger charge is 1.99. The molecule has 0 aliphatic heterocycles. The number of carbonyl (C=O) groups is 1. The molecule has 0 saturated heterocycles. The number of hydrogen-bond donors (Lipinski definition) is 2. The zero-order valence-corrected chi connectivity index (χ0v) is 11.2. The van der Waals surface area contributed by atoms with Crippen molar-refractivity contribution in [1.29, 1.82) is 0 Å². The smallest absolute Gasteiger partial charge is 0.320 e. The molecular weight excluding hydrogens is 202 g/mol. The van der Waals surface area contributed by atoms with E-state index in [4.69, 9.17) is 10.8 Å². The van der Waals surface area contributed by atoms with Gasteiger partial charge in [-0.2, -0.15) is 0 Å². The van der Waals surface area contributed by atoms with Gasteiger partial charge in [-0.05, 0) is 6.92 Å². The van der Waals surface area contributed by atoms with Crippen molar-refractivity contribution in [1.82, 2.24) is 0 Å². The van der Waals surface area contributed by atoms with Gasteiger partial charge in [-0.25, -0.2) is 0 Å². The molecule has 0 saturated carbocycles. The Balaban J connectivity index is 0. The summed E-state index contributed by atoms with van der Waals surface area (Å²) < 4.78 is 0. The Labute approximate surface area is 100 Å². The maximum Gasteiger partial charge on any atom is 0.320 e. The minimum absolute atomic E-state index is 0.731. The molecule has 0 heterocycles. The number of rotatable bonds is 8. The van der Waals surface area contributed by atoms with E-state index >= 15 is 0 Å². The van der Waals surface area contributed by atoms with Crippen LogP contribution < -0.4 is 5.73 Å². The predicted molar refractivity (Wildman–Crippen MR) is 69.6 cm³/mol. The van der Waals surface area contributed by atoms with Gasteiger partial charge in [0, 0.05) is 0 Å². The van der Waals surface area contributed by atoms with Crippen molar-refractivity contribution in [3.8, 4) is 0 Å². The summed E-state index contributed by atoms with van der Waals surface area (Å²) >= 11 is 0. The zero-order valence-electron chi connectivity index (χ0n) is 11.2.